The van der Waals surface area contributed by atoms with E-state index in [0.717, 1.165) is 12.6 Å². The highest BCUT2D eigenvalue weighted by Gasteiger charge is 2.30. The maximum atomic E-state index is 4.54. The van der Waals surface area contributed by atoms with Crippen LogP contribution in [0.2, 0.25) is 0 Å². The zero-order valence-corrected chi connectivity index (χ0v) is 6.67. The number of rotatable bonds is 0. The van der Waals surface area contributed by atoms with Crippen LogP contribution in [0, 0.1) is 0 Å². The highest BCUT2D eigenvalue weighted by atomic mass is 15.3. The van der Waals surface area contributed by atoms with Crippen molar-refractivity contribution in [3.8, 4) is 0 Å². The number of hydrogen-bond acceptors (Lipinski definition) is 2. The van der Waals surface area contributed by atoms with Gasteiger partial charge in [0.15, 0.2) is 0 Å². The minimum Gasteiger partial charge on any atom is -0.356 e. The van der Waals surface area contributed by atoms with Gasteiger partial charge in [-0.15, -0.1) is 0 Å². The molecule has 2 aliphatic heterocycles. The van der Waals surface area contributed by atoms with Crippen LogP contribution in [0.4, 0.5) is 0 Å². The van der Waals surface area contributed by atoms with Gasteiger partial charge in [0.2, 0.25) is 0 Å². The molecule has 2 nitrogen and oxygen atoms in total. The summed E-state index contributed by atoms with van der Waals surface area (Å²) in [6.07, 6.45) is 2.52. The van der Waals surface area contributed by atoms with Gasteiger partial charge in [-0.25, -0.2) is 0 Å². The summed E-state index contributed by atoms with van der Waals surface area (Å²) in [5.41, 5.74) is 0. The predicted molar refractivity (Wildman–Crippen MR) is 45.2 cm³/mol. The largest absolute Gasteiger partial charge is 0.356 e. The lowest BCUT2D eigenvalue weighted by Crippen LogP contribution is -2.30. The van der Waals surface area contributed by atoms with E-state index in [9.17, 15) is 0 Å². The highest BCUT2D eigenvalue weighted by molar-refractivity contribution is 6.14. The lowest BCUT2D eigenvalue weighted by Gasteiger charge is -2.18. The molecule has 0 N–H and O–H groups in total. The van der Waals surface area contributed by atoms with Crippen molar-refractivity contribution in [3.05, 3.63) is 0 Å². The molecular formula is C7H13BN2. The fourth-order valence-electron chi connectivity index (χ4n) is 1.90. The standard InChI is InChI=1S/C7H13BN2/c1-5-2-3-7-9-6(8)4-10(5)7/h5-6H,2-4,8H2,1H3. The van der Waals surface area contributed by atoms with Gasteiger partial charge in [0.25, 0.3) is 0 Å². The molecule has 0 amide bonds. The molecule has 0 spiro atoms. The molecule has 0 bridgehead atoms. The molecule has 0 aliphatic carbocycles. The second kappa shape index (κ2) is 2.01. The topological polar surface area (TPSA) is 15.6 Å². The quantitative estimate of drug-likeness (QED) is 0.422. The Morgan fingerprint density at radius 1 is 1.70 bits per heavy atom. The van der Waals surface area contributed by atoms with E-state index in [-0.39, 0.29) is 0 Å². The smallest absolute Gasteiger partial charge is 0.135 e. The molecule has 2 rings (SSSR count). The molecule has 0 saturated carbocycles. The number of aliphatic imine (C=N–C) groups is 1. The normalized spacial score (nSPS) is 38.1. The molecule has 0 aromatic rings. The van der Waals surface area contributed by atoms with Gasteiger partial charge < -0.3 is 4.90 Å². The average molecular weight is 136 g/mol. The summed E-state index contributed by atoms with van der Waals surface area (Å²) in [7, 11) is 2.19. The number of fused-ring (bicyclic) bond motifs is 1. The Bertz CT molecular complexity index is 178. The summed E-state index contributed by atoms with van der Waals surface area (Å²) in [6, 6.07) is 0.753. The molecule has 2 unspecified atom stereocenters. The molecule has 3 heteroatoms. The maximum Gasteiger partial charge on any atom is 0.135 e. The Morgan fingerprint density at radius 3 is 3.20 bits per heavy atom. The van der Waals surface area contributed by atoms with E-state index in [2.05, 4.69) is 24.7 Å². The van der Waals surface area contributed by atoms with Crippen LogP contribution in [0.15, 0.2) is 4.99 Å². The first-order chi connectivity index (χ1) is 4.77. The van der Waals surface area contributed by atoms with Gasteiger partial charge in [0, 0.05) is 24.9 Å². The molecule has 2 aliphatic rings. The zero-order valence-electron chi connectivity index (χ0n) is 6.67. The Kier molecular flexibility index (Phi) is 1.26. The molecule has 1 fully saturated rings. The van der Waals surface area contributed by atoms with Gasteiger partial charge >= 0.3 is 0 Å². The summed E-state index contributed by atoms with van der Waals surface area (Å²) >= 11 is 0. The van der Waals surface area contributed by atoms with E-state index in [1.807, 2.05) is 0 Å². The molecule has 2 atom stereocenters. The number of hydrogen-bond donors (Lipinski definition) is 0. The SMILES string of the molecule is BC1CN2C(=N1)CCC2C. The average Bonchev–Trinajstić information content (AvgIpc) is 2.35. The van der Waals surface area contributed by atoms with E-state index in [1.54, 1.807) is 0 Å². The summed E-state index contributed by atoms with van der Waals surface area (Å²) in [5, 5.41) is 0. The van der Waals surface area contributed by atoms with Gasteiger partial charge in [-0.2, -0.15) is 0 Å². The van der Waals surface area contributed by atoms with Crippen LogP contribution in [-0.2, 0) is 0 Å². The fraction of sp³-hybridized carbons (Fsp3) is 0.857. The van der Waals surface area contributed by atoms with Crippen LogP contribution >= 0.6 is 0 Å². The number of amidine groups is 1. The van der Waals surface area contributed by atoms with Crippen molar-refractivity contribution in [2.45, 2.75) is 31.7 Å². The molecule has 0 aromatic carbocycles. The van der Waals surface area contributed by atoms with Crippen LogP contribution in [-0.4, -0.2) is 37.1 Å². The first-order valence-corrected chi connectivity index (χ1v) is 4.10. The lowest BCUT2D eigenvalue weighted by atomic mass is 9.98. The first-order valence-electron chi connectivity index (χ1n) is 4.10. The van der Waals surface area contributed by atoms with Crippen molar-refractivity contribution in [2.24, 2.45) is 4.99 Å². The Hall–Kier alpha value is -0.465. The van der Waals surface area contributed by atoms with Crippen molar-refractivity contribution >= 4 is 13.7 Å². The molecular weight excluding hydrogens is 123 g/mol. The summed E-state index contributed by atoms with van der Waals surface area (Å²) in [6.45, 7) is 3.46. The predicted octanol–water partition coefficient (Wildman–Crippen LogP) is -0.158. The minimum absolute atomic E-state index is 0.553. The summed E-state index contributed by atoms with van der Waals surface area (Å²) < 4.78 is 0. The van der Waals surface area contributed by atoms with Gasteiger partial charge in [-0.05, 0) is 13.3 Å². The van der Waals surface area contributed by atoms with E-state index < -0.39 is 0 Å². The van der Waals surface area contributed by atoms with Gasteiger partial charge in [0.05, 0.1) is 5.84 Å². The minimum atomic E-state index is 0.553. The molecule has 0 radical (unpaired) electrons. The molecule has 0 aromatic heterocycles. The molecule has 10 heavy (non-hydrogen) atoms. The summed E-state index contributed by atoms with van der Waals surface area (Å²) in [5.74, 6) is 1.91. The van der Waals surface area contributed by atoms with Crippen molar-refractivity contribution in [1.29, 1.82) is 0 Å². The fourth-order valence-corrected chi connectivity index (χ4v) is 1.90. The Morgan fingerprint density at radius 2 is 2.50 bits per heavy atom. The van der Waals surface area contributed by atoms with E-state index >= 15 is 0 Å². The van der Waals surface area contributed by atoms with Crippen LogP contribution < -0.4 is 0 Å². The van der Waals surface area contributed by atoms with Crippen LogP contribution in [0.3, 0.4) is 0 Å². The molecule has 54 valence electrons. The maximum absolute atomic E-state index is 4.54. The Balaban J connectivity index is 2.18. The third kappa shape index (κ3) is 0.763. The van der Waals surface area contributed by atoms with Crippen molar-refractivity contribution < 1.29 is 0 Å². The van der Waals surface area contributed by atoms with Gasteiger partial charge in [-0.1, -0.05) is 0 Å². The monoisotopic (exact) mass is 136 g/mol. The van der Waals surface area contributed by atoms with Crippen LogP contribution in [0.25, 0.3) is 0 Å². The second-order valence-corrected chi connectivity index (χ2v) is 3.43. The van der Waals surface area contributed by atoms with E-state index in [1.165, 1.54) is 18.7 Å². The van der Waals surface area contributed by atoms with Gasteiger partial charge in [-0.3, -0.25) is 4.99 Å². The van der Waals surface area contributed by atoms with Crippen molar-refractivity contribution in [3.63, 3.8) is 0 Å². The van der Waals surface area contributed by atoms with E-state index in [0.29, 0.717) is 5.94 Å². The van der Waals surface area contributed by atoms with E-state index in [4.69, 9.17) is 0 Å². The molecule has 1 saturated heterocycles. The van der Waals surface area contributed by atoms with Crippen LogP contribution in [0.1, 0.15) is 19.8 Å². The third-order valence-corrected chi connectivity index (χ3v) is 2.48. The van der Waals surface area contributed by atoms with Crippen molar-refractivity contribution in [2.75, 3.05) is 6.54 Å². The molecule has 2 heterocycles. The second-order valence-electron chi connectivity index (χ2n) is 3.43. The Labute approximate surface area is 62.7 Å². The first kappa shape index (κ1) is 6.26. The highest BCUT2D eigenvalue weighted by Crippen LogP contribution is 2.23. The number of nitrogens with zero attached hydrogens (tertiary/aromatic N) is 2. The van der Waals surface area contributed by atoms with Crippen molar-refractivity contribution in [1.82, 2.24) is 4.90 Å². The summed E-state index contributed by atoms with van der Waals surface area (Å²) in [4.78, 5) is 6.99. The lowest BCUT2D eigenvalue weighted by molar-refractivity contribution is 0.377. The third-order valence-electron chi connectivity index (χ3n) is 2.48. The van der Waals surface area contributed by atoms with Crippen LogP contribution in [0.5, 0.6) is 0 Å². The zero-order chi connectivity index (χ0) is 7.14. The van der Waals surface area contributed by atoms with Gasteiger partial charge in [0.1, 0.15) is 7.85 Å².